The van der Waals surface area contributed by atoms with Crippen molar-refractivity contribution in [3.8, 4) is 11.5 Å². The third-order valence-electron chi connectivity index (χ3n) is 4.37. The number of nitrogens with zero attached hydrogens (tertiary/aromatic N) is 2. The van der Waals surface area contributed by atoms with Crippen molar-refractivity contribution in [2.45, 2.75) is 52.4 Å². The van der Waals surface area contributed by atoms with E-state index in [9.17, 15) is 0 Å². The van der Waals surface area contributed by atoms with Gasteiger partial charge in [-0.25, -0.2) is 0 Å². The lowest BCUT2D eigenvalue weighted by Crippen LogP contribution is -2.12. The number of nitrogens with two attached hydrogens (primary N) is 1. The molecule has 4 nitrogen and oxygen atoms in total. The van der Waals surface area contributed by atoms with Crippen molar-refractivity contribution >= 4 is 16.3 Å². The summed E-state index contributed by atoms with van der Waals surface area (Å²) in [5.74, 6) is 2.63. The molecule has 5 heteroatoms. The van der Waals surface area contributed by atoms with Crippen LogP contribution in [0.2, 0.25) is 0 Å². The van der Waals surface area contributed by atoms with Crippen molar-refractivity contribution < 1.29 is 4.52 Å². The Bertz CT molecular complexity index is 617. The average molecular weight is 291 g/mol. The van der Waals surface area contributed by atoms with Crippen molar-refractivity contribution in [1.82, 2.24) is 10.1 Å². The van der Waals surface area contributed by atoms with E-state index < -0.39 is 0 Å². The molecule has 1 aliphatic rings. The van der Waals surface area contributed by atoms with Gasteiger partial charge in [0.15, 0.2) is 5.82 Å². The maximum atomic E-state index is 6.07. The molecule has 2 atom stereocenters. The second kappa shape index (κ2) is 5.20. The number of hydrogen-bond acceptors (Lipinski definition) is 5. The van der Waals surface area contributed by atoms with Gasteiger partial charge in [0.05, 0.1) is 10.6 Å². The van der Waals surface area contributed by atoms with Crippen LogP contribution in [0.1, 0.15) is 54.8 Å². The summed E-state index contributed by atoms with van der Waals surface area (Å²) in [7, 11) is 0. The van der Waals surface area contributed by atoms with Crippen LogP contribution in [0.5, 0.6) is 0 Å². The molecule has 2 aromatic heterocycles. The monoisotopic (exact) mass is 291 g/mol. The number of anilines is 1. The zero-order valence-electron chi connectivity index (χ0n) is 12.3. The van der Waals surface area contributed by atoms with Crippen LogP contribution < -0.4 is 5.73 Å². The summed E-state index contributed by atoms with van der Waals surface area (Å²) in [6.07, 6.45) is 4.90. The van der Waals surface area contributed by atoms with E-state index in [-0.39, 0.29) is 0 Å². The summed E-state index contributed by atoms with van der Waals surface area (Å²) in [6, 6.07) is 0. The Morgan fingerprint density at radius 2 is 2.10 bits per heavy atom. The van der Waals surface area contributed by atoms with E-state index in [0.29, 0.717) is 11.8 Å². The van der Waals surface area contributed by atoms with Gasteiger partial charge in [-0.05, 0) is 38.2 Å². The smallest absolute Gasteiger partial charge is 0.261 e. The lowest BCUT2D eigenvalue weighted by molar-refractivity contribution is 0.324. The summed E-state index contributed by atoms with van der Waals surface area (Å²) in [5, 5.41) is 4.98. The van der Waals surface area contributed by atoms with E-state index in [1.165, 1.54) is 24.1 Å². The van der Waals surface area contributed by atoms with Gasteiger partial charge in [-0.1, -0.05) is 24.9 Å². The minimum atomic E-state index is 0.442. The van der Waals surface area contributed by atoms with Crippen molar-refractivity contribution in [2.75, 3.05) is 5.73 Å². The molecule has 2 unspecified atom stereocenters. The second-order valence-electron chi connectivity index (χ2n) is 5.95. The third-order valence-corrected chi connectivity index (χ3v) is 5.41. The van der Waals surface area contributed by atoms with Crippen LogP contribution >= 0.6 is 11.3 Å². The van der Waals surface area contributed by atoms with Crippen LogP contribution in [0.4, 0.5) is 5.00 Å². The van der Waals surface area contributed by atoms with Gasteiger partial charge in [0.2, 0.25) is 0 Å². The average Bonchev–Trinajstić information content (AvgIpc) is 2.96. The summed E-state index contributed by atoms with van der Waals surface area (Å²) in [6.45, 7) is 6.43. The second-order valence-corrected chi connectivity index (χ2v) is 7.21. The maximum absolute atomic E-state index is 6.07. The first-order chi connectivity index (χ1) is 9.56. The minimum absolute atomic E-state index is 0.442. The Morgan fingerprint density at radius 1 is 1.30 bits per heavy atom. The van der Waals surface area contributed by atoms with Crippen LogP contribution in [-0.4, -0.2) is 10.1 Å². The molecule has 2 aromatic rings. The summed E-state index contributed by atoms with van der Waals surface area (Å²) < 4.78 is 5.48. The SMILES string of the molecule is Cc1sc(N)c(-c2nc(C3CCCC(C)C3)no2)c1C. The highest BCUT2D eigenvalue weighted by atomic mass is 32.1. The van der Waals surface area contributed by atoms with Gasteiger partial charge < -0.3 is 10.3 Å². The zero-order valence-corrected chi connectivity index (χ0v) is 13.1. The van der Waals surface area contributed by atoms with Crippen LogP contribution in [0.3, 0.4) is 0 Å². The van der Waals surface area contributed by atoms with E-state index in [1.807, 2.05) is 0 Å². The van der Waals surface area contributed by atoms with E-state index in [2.05, 4.69) is 30.9 Å². The molecule has 0 saturated heterocycles. The topological polar surface area (TPSA) is 64.9 Å². The molecular weight excluding hydrogens is 270 g/mol. The standard InChI is InChI=1S/C15H21N3OS/c1-8-5-4-6-11(7-8)14-17-15(19-18-14)12-9(2)10(3)20-13(12)16/h8,11H,4-7,16H2,1-3H3. The zero-order chi connectivity index (χ0) is 14.3. The highest BCUT2D eigenvalue weighted by Gasteiger charge is 2.26. The fraction of sp³-hybridized carbons (Fsp3) is 0.600. The molecule has 0 radical (unpaired) electrons. The molecule has 1 fully saturated rings. The Labute approximate surface area is 123 Å². The van der Waals surface area contributed by atoms with Crippen molar-refractivity contribution in [3.63, 3.8) is 0 Å². The van der Waals surface area contributed by atoms with Crippen LogP contribution in [0.25, 0.3) is 11.5 Å². The van der Waals surface area contributed by atoms with Crippen molar-refractivity contribution in [3.05, 3.63) is 16.3 Å². The molecular formula is C15H21N3OS. The molecule has 20 heavy (non-hydrogen) atoms. The van der Waals surface area contributed by atoms with E-state index in [4.69, 9.17) is 10.3 Å². The number of thiophene rings is 1. The van der Waals surface area contributed by atoms with Gasteiger partial charge in [-0.15, -0.1) is 11.3 Å². The molecule has 0 aliphatic heterocycles. The quantitative estimate of drug-likeness (QED) is 0.896. The van der Waals surface area contributed by atoms with Gasteiger partial charge >= 0.3 is 0 Å². The molecule has 1 saturated carbocycles. The largest absolute Gasteiger partial charge is 0.390 e. The minimum Gasteiger partial charge on any atom is -0.390 e. The maximum Gasteiger partial charge on any atom is 0.261 e. The van der Waals surface area contributed by atoms with Crippen LogP contribution in [0.15, 0.2) is 4.52 Å². The van der Waals surface area contributed by atoms with E-state index in [1.54, 1.807) is 11.3 Å². The van der Waals surface area contributed by atoms with Crippen LogP contribution in [0, 0.1) is 19.8 Å². The first kappa shape index (κ1) is 13.6. The first-order valence-electron chi connectivity index (χ1n) is 7.25. The number of hydrogen-bond donors (Lipinski definition) is 1. The fourth-order valence-electron chi connectivity index (χ4n) is 3.09. The number of aryl methyl sites for hydroxylation is 1. The van der Waals surface area contributed by atoms with Crippen molar-refractivity contribution in [1.29, 1.82) is 0 Å². The van der Waals surface area contributed by atoms with Gasteiger partial charge in [0, 0.05) is 10.8 Å². The highest BCUT2D eigenvalue weighted by Crippen LogP contribution is 2.39. The normalized spacial score (nSPS) is 23.1. The van der Waals surface area contributed by atoms with Gasteiger partial charge in [-0.2, -0.15) is 4.98 Å². The summed E-state index contributed by atoms with van der Waals surface area (Å²) in [4.78, 5) is 5.83. The number of nitrogen functional groups attached to an aromatic ring is 1. The first-order valence-corrected chi connectivity index (χ1v) is 8.07. The van der Waals surface area contributed by atoms with Crippen LogP contribution in [-0.2, 0) is 0 Å². The molecule has 0 aromatic carbocycles. The molecule has 2 N–H and O–H groups in total. The lowest BCUT2D eigenvalue weighted by atomic mass is 9.82. The molecule has 0 bridgehead atoms. The Balaban J connectivity index is 1.90. The molecule has 2 heterocycles. The number of rotatable bonds is 2. The highest BCUT2D eigenvalue weighted by molar-refractivity contribution is 7.16. The van der Waals surface area contributed by atoms with Gasteiger partial charge in [0.1, 0.15) is 0 Å². The molecule has 3 rings (SSSR count). The Kier molecular flexibility index (Phi) is 3.54. The number of aromatic nitrogens is 2. The predicted octanol–water partition coefficient (Wildman–Crippen LogP) is 4.29. The molecule has 1 aliphatic carbocycles. The fourth-order valence-corrected chi connectivity index (χ4v) is 4.02. The lowest BCUT2D eigenvalue weighted by Gasteiger charge is -2.23. The van der Waals surface area contributed by atoms with Crippen molar-refractivity contribution in [2.24, 2.45) is 5.92 Å². The molecule has 0 amide bonds. The molecule has 0 spiro atoms. The Morgan fingerprint density at radius 3 is 2.75 bits per heavy atom. The van der Waals surface area contributed by atoms with E-state index >= 15 is 0 Å². The Hall–Kier alpha value is -1.36. The van der Waals surface area contributed by atoms with E-state index in [0.717, 1.165) is 34.3 Å². The predicted molar refractivity (Wildman–Crippen MR) is 81.9 cm³/mol. The van der Waals surface area contributed by atoms with Gasteiger partial charge in [0.25, 0.3) is 5.89 Å². The summed E-state index contributed by atoms with van der Waals surface area (Å²) >= 11 is 1.59. The van der Waals surface area contributed by atoms with Gasteiger partial charge in [-0.3, -0.25) is 0 Å². The third kappa shape index (κ3) is 2.35. The molecule has 108 valence electrons. The summed E-state index contributed by atoms with van der Waals surface area (Å²) in [5.41, 5.74) is 8.15.